The molecule has 17 heavy (non-hydrogen) atoms. The lowest BCUT2D eigenvalue weighted by molar-refractivity contribution is 0.206. The van der Waals surface area contributed by atoms with Crippen molar-refractivity contribution >= 4 is 28.9 Å². The number of aromatic amines is 1. The predicted molar refractivity (Wildman–Crippen MR) is 67.0 cm³/mol. The van der Waals surface area contributed by atoms with E-state index < -0.39 is 6.09 Å². The molecule has 4 N–H and O–H groups in total. The van der Waals surface area contributed by atoms with Crippen LogP contribution in [0.15, 0.2) is 41.5 Å². The van der Waals surface area contributed by atoms with Crippen molar-refractivity contribution in [1.82, 2.24) is 4.98 Å². The van der Waals surface area contributed by atoms with Crippen LogP contribution in [0.1, 0.15) is 5.56 Å². The molecule has 0 aliphatic carbocycles. The smallest absolute Gasteiger partial charge is 0.433 e. The summed E-state index contributed by atoms with van der Waals surface area (Å²) < 4.78 is 0. The Hall–Kier alpha value is -2.56. The largest absolute Gasteiger partial charge is 0.463 e. The molecule has 1 heterocycles. The first-order valence-electron chi connectivity index (χ1n) is 4.98. The number of amides is 1. The lowest BCUT2D eigenvalue weighted by Gasteiger charge is -1.91. The summed E-state index contributed by atoms with van der Waals surface area (Å²) in [6.07, 6.45) is 3.71. The zero-order valence-electron chi connectivity index (χ0n) is 8.92. The van der Waals surface area contributed by atoms with Gasteiger partial charge < -0.3 is 15.8 Å². The van der Waals surface area contributed by atoms with Gasteiger partial charge >= 0.3 is 6.09 Å². The first-order valence-corrected chi connectivity index (χ1v) is 4.98. The molecular formula is C12H11N3O2. The van der Waals surface area contributed by atoms with E-state index in [1.54, 1.807) is 6.08 Å². The topological polar surface area (TPSA) is 91.5 Å². The molecule has 0 fully saturated rings. The molecule has 0 atom stereocenters. The van der Waals surface area contributed by atoms with E-state index in [2.05, 4.69) is 9.98 Å². The molecule has 0 unspecified atom stereocenters. The van der Waals surface area contributed by atoms with E-state index in [9.17, 15) is 4.79 Å². The monoisotopic (exact) mass is 229 g/mol. The Morgan fingerprint density at radius 1 is 1.41 bits per heavy atom. The second-order valence-corrected chi connectivity index (χ2v) is 3.44. The van der Waals surface area contributed by atoms with Crippen molar-refractivity contribution in [3.05, 3.63) is 42.1 Å². The highest BCUT2D eigenvalue weighted by atomic mass is 16.4. The number of H-pyrrole nitrogens is 1. The van der Waals surface area contributed by atoms with E-state index in [1.807, 2.05) is 30.5 Å². The molecule has 0 spiro atoms. The lowest BCUT2D eigenvalue weighted by atomic mass is 10.1. The van der Waals surface area contributed by atoms with E-state index in [0.29, 0.717) is 0 Å². The number of amidine groups is 1. The zero-order valence-corrected chi connectivity index (χ0v) is 8.92. The van der Waals surface area contributed by atoms with Crippen molar-refractivity contribution in [2.45, 2.75) is 0 Å². The van der Waals surface area contributed by atoms with E-state index in [0.717, 1.165) is 16.5 Å². The molecule has 0 radical (unpaired) electrons. The molecule has 5 heteroatoms. The highest BCUT2D eigenvalue weighted by molar-refractivity contribution is 6.02. The second kappa shape index (κ2) is 4.52. The predicted octanol–water partition coefficient (Wildman–Crippen LogP) is 2.22. The number of nitrogens with one attached hydrogen (secondary N) is 1. The molecular weight excluding hydrogens is 218 g/mol. The standard InChI is InChI=1S/C12H11N3O2/c13-11(15-12(16)17)6-5-8-7-14-10-4-2-1-3-9(8)10/h1-7,14H,(H2,13,15)(H,16,17)/b6-5+. The number of fused-ring (bicyclic) bond motifs is 1. The number of aliphatic imine (C=N–C) groups is 1. The highest BCUT2D eigenvalue weighted by Gasteiger charge is 1.99. The van der Waals surface area contributed by atoms with Crippen LogP contribution in [0.25, 0.3) is 17.0 Å². The van der Waals surface area contributed by atoms with Crippen molar-refractivity contribution in [2.24, 2.45) is 10.7 Å². The van der Waals surface area contributed by atoms with E-state index in [4.69, 9.17) is 10.8 Å². The number of carboxylic acid groups (broad SMARTS) is 1. The molecule has 1 aromatic heterocycles. The molecule has 0 bridgehead atoms. The van der Waals surface area contributed by atoms with E-state index >= 15 is 0 Å². The maximum Gasteiger partial charge on any atom is 0.433 e. The Labute approximate surface area is 97.3 Å². The minimum absolute atomic E-state index is 0.0391. The van der Waals surface area contributed by atoms with Gasteiger partial charge in [0.15, 0.2) is 0 Å². The Bertz CT molecular complexity index is 611. The molecule has 0 saturated heterocycles. The van der Waals surface area contributed by atoms with Gasteiger partial charge in [-0.1, -0.05) is 18.2 Å². The number of aromatic nitrogens is 1. The van der Waals surface area contributed by atoms with Crippen molar-refractivity contribution in [1.29, 1.82) is 0 Å². The molecule has 86 valence electrons. The van der Waals surface area contributed by atoms with E-state index in [-0.39, 0.29) is 5.84 Å². The van der Waals surface area contributed by atoms with Gasteiger partial charge in [0.25, 0.3) is 0 Å². The van der Waals surface area contributed by atoms with Gasteiger partial charge in [-0.05, 0) is 23.8 Å². The van der Waals surface area contributed by atoms with Crippen LogP contribution in [-0.4, -0.2) is 22.0 Å². The fourth-order valence-corrected chi connectivity index (χ4v) is 1.55. The third-order valence-electron chi connectivity index (χ3n) is 2.28. The van der Waals surface area contributed by atoms with Crippen LogP contribution in [0.2, 0.25) is 0 Å². The second-order valence-electron chi connectivity index (χ2n) is 3.44. The van der Waals surface area contributed by atoms with Crippen LogP contribution < -0.4 is 5.73 Å². The molecule has 5 nitrogen and oxygen atoms in total. The van der Waals surface area contributed by atoms with Gasteiger partial charge in [-0.3, -0.25) is 0 Å². The minimum atomic E-state index is -1.30. The number of para-hydroxylation sites is 1. The van der Waals surface area contributed by atoms with Crippen molar-refractivity contribution < 1.29 is 9.90 Å². The molecule has 1 aromatic carbocycles. The Morgan fingerprint density at radius 3 is 2.94 bits per heavy atom. The van der Waals surface area contributed by atoms with Crippen LogP contribution in [0.3, 0.4) is 0 Å². The van der Waals surface area contributed by atoms with Gasteiger partial charge in [-0.2, -0.15) is 4.99 Å². The fourth-order valence-electron chi connectivity index (χ4n) is 1.55. The molecule has 0 aliphatic rings. The third-order valence-corrected chi connectivity index (χ3v) is 2.28. The zero-order chi connectivity index (χ0) is 12.3. The van der Waals surface area contributed by atoms with E-state index in [1.165, 1.54) is 6.08 Å². The number of hydrogen-bond donors (Lipinski definition) is 3. The molecule has 2 aromatic rings. The van der Waals surface area contributed by atoms with Crippen molar-refractivity contribution in [3.8, 4) is 0 Å². The lowest BCUT2D eigenvalue weighted by Crippen LogP contribution is -2.09. The summed E-state index contributed by atoms with van der Waals surface area (Å²) in [7, 11) is 0. The summed E-state index contributed by atoms with van der Waals surface area (Å²) in [6, 6.07) is 7.80. The first-order chi connectivity index (χ1) is 8.16. The molecule has 1 amide bonds. The van der Waals surface area contributed by atoms with Gasteiger partial charge in [0, 0.05) is 17.1 Å². The number of carbonyl (C=O) groups is 1. The maximum atomic E-state index is 10.3. The van der Waals surface area contributed by atoms with Crippen LogP contribution in [-0.2, 0) is 0 Å². The Kier molecular flexibility index (Phi) is 2.91. The van der Waals surface area contributed by atoms with Gasteiger partial charge in [0.2, 0.25) is 0 Å². The average molecular weight is 229 g/mol. The van der Waals surface area contributed by atoms with Crippen LogP contribution >= 0.6 is 0 Å². The SMILES string of the molecule is NC(/C=C/c1c[nH]c2ccccc12)=N\C(=O)O. The minimum Gasteiger partial charge on any atom is -0.463 e. The summed E-state index contributed by atoms with van der Waals surface area (Å²) in [4.78, 5) is 16.6. The molecule has 0 aliphatic heterocycles. The van der Waals surface area contributed by atoms with Crippen molar-refractivity contribution in [3.63, 3.8) is 0 Å². The summed E-state index contributed by atoms with van der Waals surface area (Å²) in [5.74, 6) is -0.0391. The van der Waals surface area contributed by atoms with Crippen LogP contribution in [0.4, 0.5) is 4.79 Å². The molecule has 2 rings (SSSR count). The van der Waals surface area contributed by atoms with Gasteiger partial charge in [-0.25, -0.2) is 4.79 Å². The number of benzene rings is 1. The quantitative estimate of drug-likeness (QED) is 0.544. The average Bonchev–Trinajstić information content (AvgIpc) is 2.69. The summed E-state index contributed by atoms with van der Waals surface area (Å²) in [5, 5.41) is 9.45. The summed E-state index contributed by atoms with van der Waals surface area (Å²) in [5.41, 5.74) is 7.36. The maximum absolute atomic E-state index is 10.3. The summed E-state index contributed by atoms with van der Waals surface area (Å²) in [6.45, 7) is 0. The number of nitrogens with two attached hydrogens (primary N) is 1. The van der Waals surface area contributed by atoms with Gasteiger partial charge in [-0.15, -0.1) is 0 Å². The van der Waals surface area contributed by atoms with Gasteiger partial charge in [0.05, 0.1) is 0 Å². The number of rotatable bonds is 2. The molecule has 0 saturated carbocycles. The summed E-state index contributed by atoms with van der Waals surface area (Å²) >= 11 is 0. The first kappa shape index (κ1) is 10.9. The number of nitrogens with zero attached hydrogens (tertiary/aromatic N) is 1. The highest BCUT2D eigenvalue weighted by Crippen LogP contribution is 2.18. The normalized spacial score (nSPS) is 12.4. The van der Waals surface area contributed by atoms with Crippen molar-refractivity contribution in [2.75, 3.05) is 0 Å². The Morgan fingerprint density at radius 2 is 2.18 bits per heavy atom. The number of hydrogen-bond acceptors (Lipinski definition) is 1. The Balaban J connectivity index is 2.30. The fraction of sp³-hybridized carbons (Fsp3) is 0. The van der Waals surface area contributed by atoms with Gasteiger partial charge in [0.1, 0.15) is 5.84 Å². The van der Waals surface area contributed by atoms with Crippen LogP contribution in [0.5, 0.6) is 0 Å². The van der Waals surface area contributed by atoms with Crippen LogP contribution in [0, 0.1) is 0 Å². The third kappa shape index (κ3) is 2.52.